The molecule has 7 heteroatoms. The van der Waals surface area contributed by atoms with E-state index >= 15 is 0 Å². The van der Waals surface area contributed by atoms with Crippen molar-refractivity contribution in [2.45, 2.75) is 19.3 Å². The van der Waals surface area contributed by atoms with E-state index < -0.39 is 6.36 Å². The van der Waals surface area contributed by atoms with Gasteiger partial charge in [0.2, 0.25) is 0 Å². The predicted octanol–water partition coefficient (Wildman–Crippen LogP) is 1.92. The van der Waals surface area contributed by atoms with Crippen molar-refractivity contribution in [2.75, 3.05) is 13.6 Å². The second kappa shape index (κ2) is 6.42. The molecule has 19 heavy (non-hydrogen) atoms. The van der Waals surface area contributed by atoms with Crippen molar-refractivity contribution in [1.82, 2.24) is 10.6 Å². The summed E-state index contributed by atoms with van der Waals surface area (Å²) >= 11 is 0. The summed E-state index contributed by atoms with van der Waals surface area (Å²) in [6, 6.07) is 4.87. The molecule has 0 saturated carbocycles. The van der Waals surface area contributed by atoms with Crippen LogP contribution in [-0.4, -0.2) is 31.9 Å². The van der Waals surface area contributed by atoms with Gasteiger partial charge < -0.3 is 15.4 Å². The van der Waals surface area contributed by atoms with Crippen LogP contribution in [0.1, 0.15) is 17.3 Å². The van der Waals surface area contributed by atoms with E-state index in [0.717, 1.165) is 12.1 Å². The molecule has 0 heterocycles. The van der Waals surface area contributed by atoms with Gasteiger partial charge >= 0.3 is 6.36 Å². The Bertz CT molecular complexity index is 418. The van der Waals surface area contributed by atoms with Gasteiger partial charge in [0.1, 0.15) is 5.75 Å². The minimum absolute atomic E-state index is 0.108. The van der Waals surface area contributed by atoms with E-state index in [2.05, 4.69) is 15.4 Å². The summed E-state index contributed by atoms with van der Waals surface area (Å²) in [7, 11) is 1.76. The second-order valence-corrected chi connectivity index (χ2v) is 3.97. The van der Waals surface area contributed by atoms with Gasteiger partial charge in [-0.05, 0) is 38.2 Å². The maximum absolute atomic E-state index is 11.9. The number of benzene rings is 1. The number of amides is 1. The highest BCUT2D eigenvalue weighted by molar-refractivity contribution is 5.94. The minimum Gasteiger partial charge on any atom is -0.406 e. The lowest BCUT2D eigenvalue weighted by molar-refractivity contribution is -0.274. The fraction of sp³-hybridized carbons (Fsp3) is 0.417. The zero-order valence-electron chi connectivity index (χ0n) is 10.5. The van der Waals surface area contributed by atoms with Crippen LogP contribution < -0.4 is 15.4 Å². The van der Waals surface area contributed by atoms with Crippen LogP contribution in [0.5, 0.6) is 5.75 Å². The molecule has 1 aromatic rings. The van der Waals surface area contributed by atoms with Gasteiger partial charge in [-0.15, -0.1) is 13.2 Å². The fourth-order valence-electron chi connectivity index (χ4n) is 1.26. The molecule has 1 amide bonds. The van der Waals surface area contributed by atoms with Crippen LogP contribution in [0, 0.1) is 0 Å². The van der Waals surface area contributed by atoms with Crippen LogP contribution in [-0.2, 0) is 0 Å². The molecule has 0 radical (unpaired) electrons. The van der Waals surface area contributed by atoms with Gasteiger partial charge in [-0.1, -0.05) is 0 Å². The van der Waals surface area contributed by atoms with Gasteiger partial charge in [-0.3, -0.25) is 4.79 Å². The van der Waals surface area contributed by atoms with Gasteiger partial charge in [-0.25, -0.2) is 0 Å². The van der Waals surface area contributed by atoms with E-state index in [-0.39, 0.29) is 23.3 Å². The summed E-state index contributed by atoms with van der Waals surface area (Å²) in [5, 5.41) is 5.60. The highest BCUT2D eigenvalue weighted by Gasteiger charge is 2.31. The topological polar surface area (TPSA) is 50.4 Å². The zero-order valence-corrected chi connectivity index (χ0v) is 10.5. The van der Waals surface area contributed by atoms with E-state index in [1.807, 2.05) is 6.92 Å². The van der Waals surface area contributed by atoms with Crippen LogP contribution in [0.15, 0.2) is 24.3 Å². The highest BCUT2D eigenvalue weighted by Crippen LogP contribution is 2.22. The summed E-state index contributed by atoms with van der Waals surface area (Å²) < 4.78 is 39.5. The van der Waals surface area contributed by atoms with Crippen LogP contribution in [0.2, 0.25) is 0 Å². The summed E-state index contributed by atoms with van der Waals surface area (Å²) in [4.78, 5) is 11.7. The molecule has 0 bridgehead atoms. The van der Waals surface area contributed by atoms with Crippen LogP contribution in [0.4, 0.5) is 13.2 Å². The van der Waals surface area contributed by atoms with Crippen LogP contribution in [0.25, 0.3) is 0 Å². The first-order chi connectivity index (χ1) is 8.81. The highest BCUT2D eigenvalue weighted by atomic mass is 19.4. The molecule has 0 fully saturated rings. The van der Waals surface area contributed by atoms with E-state index in [9.17, 15) is 18.0 Å². The second-order valence-electron chi connectivity index (χ2n) is 3.97. The number of hydrogen-bond donors (Lipinski definition) is 2. The Labute approximate surface area is 108 Å². The zero-order chi connectivity index (χ0) is 14.5. The molecule has 1 unspecified atom stereocenters. The maximum atomic E-state index is 11.9. The number of halogens is 3. The third kappa shape index (κ3) is 5.60. The largest absolute Gasteiger partial charge is 0.573 e. The smallest absolute Gasteiger partial charge is 0.406 e. The molecule has 0 aliphatic carbocycles. The summed E-state index contributed by atoms with van der Waals surface area (Å²) in [5.74, 6) is -0.701. The van der Waals surface area contributed by atoms with Crippen LogP contribution in [0.3, 0.4) is 0 Å². The lowest BCUT2D eigenvalue weighted by Crippen LogP contribution is -2.37. The van der Waals surface area contributed by atoms with Gasteiger partial charge in [0.05, 0.1) is 0 Å². The summed E-state index contributed by atoms with van der Waals surface area (Å²) in [6.45, 7) is 2.32. The van der Waals surface area contributed by atoms with Crippen molar-refractivity contribution in [2.24, 2.45) is 0 Å². The number of carbonyl (C=O) groups is 1. The van der Waals surface area contributed by atoms with Crippen molar-refractivity contribution >= 4 is 5.91 Å². The number of alkyl halides is 3. The van der Waals surface area contributed by atoms with Gasteiger partial charge in [-0.2, -0.15) is 0 Å². The maximum Gasteiger partial charge on any atom is 0.573 e. The Morgan fingerprint density at radius 2 is 1.89 bits per heavy atom. The standard InChI is InChI=1S/C12H15F3N2O2/c1-8(16-2)7-17-11(18)9-3-5-10(6-4-9)19-12(13,14)15/h3-6,8,16H,7H2,1-2H3,(H,17,18). The van der Waals surface area contributed by atoms with Crippen molar-refractivity contribution in [3.63, 3.8) is 0 Å². The quantitative estimate of drug-likeness (QED) is 0.864. The summed E-state index contributed by atoms with van der Waals surface area (Å²) in [5.41, 5.74) is 0.276. The fourth-order valence-corrected chi connectivity index (χ4v) is 1.26. The van der Waals surface area contributed by atoms with Crippen molar-refractivity contribution in [1.29, 1.82) is 0 Å². The van der Waals surface area contributed by atoms with E-state index in [4.69, 9.17) is 0 Å². The van der Waals surface area contributed by atoms with Crippen LogP contribution >= 0.6 is 0 Å². The van der Waals surface area contributed by atoms with Gasteiger partial charge in [0.25, 0.3) is 5.91 Å². The van der Waals surface area contributed by atoms with Gasteiger partial charge in [0.15, 0.2) is 0 Å². The third-order valence-corrected chi connectivity index (χ3v) is 2.41. The SMILES string of the molecule is CNC(C)CNC(=O)c1ccc(OC(F)(F)F)cc1. The molecule has 1 rings (SSSR count). The lowest BCUT2D eigenvalue weighted by atomic mass is 10.2. The average molecular weight is 276 g/mol. The lowest BCUT2D eigenvalue weighted by Gasteiger charge is -2.12. The first-order valence-electron chi connectivity index (χ1n) is 5.63. The van der Waals surface area contributed by atoms with Gasteiger partial charge in [0, 0.05) is 18.2 Å². The number of rotatable bonds is 5. The predicted molar refractivity (Wildman–Crippen MR) is 64.0 cm³/mol. The Hall–Kier alpha value is -1.76. The Morgan fingerprint density at radius 3 is 2.37 bits per heavy atom. The number of hydrogen-bond acceptors (Lipinski definition) is 3. The molecule has 0 aliphatic rings. The van der Waals surface area contributed by atoms with Crippen molar-refractivity contribution in [3.05, 3.63) is 29.8 Å². The molecule has 106 valence electrons. The number of carbonyl (C=O) groups excluding carboxylic acids is 1. The molecule has 4 nitrogen and oxygen atoms in total. The summed E-state index contributed by atoms with van der Waals surface area (Å²) in [6.07, 6.45) is -4.73. The van der Waals surface area contributed by atoms with Crippen molar-refractivity contribution < 1.29 is 22.7 Å². The van der Waals surface area contributed by atoms with E-state index in [1.165, 1.54) is 12.1 Å². The Kier molecular flexibility index (Phi) is 5.17. The number of nitrogens with one attached hydrogen (secondary N) is 2. The number of likely N-dealkylation sites (N-methyl/N-ethyl adjacent to an activating group) is 1. The monoisotopic (exact) mass is 276 g/mol. The molecule has 0 saturated heterocycles. The number of ether oxygens (including phenoxy) is 1. The molecule has 0 spiro atoms. The molecular formula is C12H15F3N2O2. The average Bonchev–Trinajstić information content (AvgIpc) is 2.34. The Balaban J connectivity index is 2.58. The first-order valence-corrected chi connectivity index (χ1v) is 5.63. The molecule has 2 N–H and O–H groups in total. The minimum atomic E-state index is -4.73. The van der Waals surface area contributed by atoms with E-state index in [1.54, 1.807) is 7.05 Å². The molecule has 1 atom stereocenters. The van der Waals surface area contributed by atoms with E-state index in [0.29, 0.717) is 6.54 Å². The van der Waals surface area contributed by atoms with Crippen molar-refractivity contribution in [3.8, 4) is 5.75 Å². The Morgan fingerprint density at radius 1 is 1.32 bits per heavy atom. The molecule has 0 aromatic heterocycles. The first kappa shape index (κ1) is 15.3. The molecule has 0 aliphatic heterocycles. The third-order valence-electron chi connectivity index (χ3n) is 2.41. The molecule has 1 aromatic carbocycles. The molecular weight excluding hydrogens is 261 g/mol. The normalized spacial score (nSPS) is 12.9.